The van der Waals surface area contributed by atoms with E-state index in [2.05, 4.69) is 43.5 Å². The third kappa shape index (κ3) is 5.11. The molecule has 0 fully saturated rings. The molecule has 0 spiro atoms. The van der Waals surface area contributed by atoms with Crippen molar-refractivity contribution >= 4 is 44.1 Å². The minimum Gasteiger partial charge on any atom is -0.356 e. The number of nitrogens with zero attached hydrogens (tertiary/aromatic N) is 5. The molecule has 0 bridgehead atoms. The summed E-state index contributed by atoms with van der Waals surface area (Å²) in [4.78, 5) is 20.3. The first-order chi connectivity index (χ1) is 15.6. The maximum absolute atomic E-state index is 11.4. The lowest BCUT2D eigenvalue weighted by molar-refractivity contribution is -0.108. The fraction of sp³-hybridized carbons (Fsp3) is 0.304. The molecule has 4 aromatic rings. The highest BCUT2D eigenvalue weighted by molar-refractivity contribution is 9.10. The van der Waals surface area contributed by atoms with Gasteiger partial charge in [-0.15, -0.1) is 0 Å². The highest BCUT2D eigenvalue weighted by atomic mass is 79.9. The molecular formula is C23H25BrN5O2S+. The summed E-state index contributed by atoms with van der Waals surface area (Å²) in [5.74, 6) is 1.05. The molecule has 32 heavy (non-hydrogen) atoms. The zero-order chi connectivity index (χ0) is 22.5. The number of aldehydes is 1. The van der Waals surface area contributed by atoms with Gasteiger partial charge in [0.2, 0.25) is 0 Å². The predicted molar refractivity (Wildman–Crippen MR) is 132 cm³/mol. The molecule has 0 aliphatic rings. The van der Waals surface area contributed by atoms with Crippen LogP contribution >= 0.6 is 15.9 Å². The van der Waals surface area contributed by atoms with Crippen LogP contribution in [0.15, 0.2) is 59.7 Å². The summed E-state index contributed by atoms with van der Waals surface area (Å²) in [5.41, 5.74) is 3.52. The van der Waals surface area contributed by atoms with Crippen molar-refractivity contribution in [1.82, 2.24) is 24.3 Å². The Kier molecular flexibility index (Phi) is 7.39. The molecule has 0 aliphatic heterocycles. The molecule has 1 aromatic carbocycles. The topological polar surface area (TPSA) is 74.8 Å². The molecule has 3 aromatic heterocycles. The summed E-state index contributed by atoms with van der Waals surface area (Å²) < 4.78 is 10.6. The smallest absolute Gasteiger partial charge is 0.145 e. The fourth-order valence-corrected chi connectivity index (χ4v) is 4.43. The molecule has 0 amide bonds. The normalized spacial score (nSPS) is 12.5. The van der Waals surface area contributed by atoms with Crippen molar-refractivity contribution in [3.63, 3.8) is 0 Å². The van der Waals surface area contributed by atoms with E-state index in [1.165, 1.54) is 0 Å². The first kappa shape index (κ1) is 22.7. The molecule has 4 rings (SSSR count). The minimum atomic E-state index is -0.184. The SMILES string of the molecule is C[S+](C)CCOCn1ccc2c(-c3cnn(C(CC=O)c4cccc(Br)c4)c3)ncnc21. The summed E-state index contributed by atoms with van der Waals surface area (Å²) in [6, 6.07) is 9.76. The molecule has 7 nitrogen and oxygen atoms in total. The number of hydrogen-bond donors (Lipinski definition) is 0. The van der Waals surface area contributed by atoms with Gasteiger partial charge in [0.1, 0.15) is 30.7 Å². The highest BCUT2D eigenvalue weighted by Crippen LogP contribution is 2.29. The van der Waals surface area contributed by atoms with Crippen molar-refractivity contribution in [2.24, 2.45) is 0 Å². The van der Waals surface area contributed by atoms with E-state index >= 15 is 0 Å². The van der Waals surface area contributed by atoms with E-state index in [9.17, 15) is 4.79 Å². The van der Waals surface area contributed by atoms with Gasteiger partial charge in [-0.3, -0.25) is 4.68 Å². The minimum absolute atomic E-state index is 0.184. The van der Waals surface area contributed by atoms with Gasteiger partial charge in [0, 0.05) is 34.2 Å². The number of aromatic nitrogens is 5. The van der Waals surface area contributed by atoms with Gasteiger partial charge >= 0.3 is 0 Å². The number of halogens is 1. The number of fused-ring (bicyclic) bond motifs is 1. The zero-order valence-electron chi connectivity index (χ0n) is 18.0. The van der Waals surface area contributed by atoms with Gasteiger partial charge in [-0.1, -0.05) is 28.1 Å². The van der Waals surface area contributed by atoms with Crippen LogP contribution in [0.1, 0.15) is 18.0 Å². The molecule has 1 atom stereocenters. The summed E-state index contributed by atoms with van der Waals surface area (Å²) in [7, 11) is 0.368. The molecule has 0 radical (unpaired) electrons. The summed E-state index contributed by atoms with van der Waals surface area (Å²) in [5, 5.41) is 5.50. The molecule has 3 heterocycles. The predicted octanol–water partition coefficient (Wildman–Crippen LogP) is 4.09. The van der Waals surface area contributed by atoms with Crippen molar-refractivity contribution in [3.8, 4) is 11.3 Å². The van der Waals surface area contributed by atoms with Crippen molar-refractivity contribution < 1.29 is 9.53 Å². The Morgan fingerprint density at radius 2 is 2.12 bits per heavy atom. The Balaban J connectivity index is 1.60. The summed E-state index contributed by atoms with van der Waals surface area (Å²) >= 11 is 3.51. The number of benzene rings is 1. The lowest BCUT2D eigenvalue weighted by Gasteiger charge is -2.15. The van der Waals surface area contributed by atoms with Crippen LogP contribution < -0.4 is 0 Å². The largest absolute Gasteiger partial charge is 0.356 e. The second-order valence-corrected chi connectivity index (χ2v) is 10.9. The Morgan fingerprint density at radius 1 is 1.25 bits per heavy atom. The Bertz CT molecular complexity index is 1210. The van der Waals surface area contributed by atoms with Crippen LogP contribution in [0.3, 0.4) is 0 Å². The number of carbonyl (C=O) groups excluding carboxylic acids is 1. The molecule has 166 valence electrons. The van der Waals surface area contributed by atoms with E-state index in [1.807, 2.05) is 52.0 Å². The average Bonchev–Trinajstić information content (AvgIpc) is 3.42. The van der Waals surface area contributed by atoms with Crippen LogP contribution in [0.2, 0.25) is 0 Å². The van der Waals surface area contributed by atoms with Gasteiger partial charge in [-0.05, 0) is 34.7 Å². The number of carbonyl (C=O) groups is 1. The molecular weight excluding hydrogens is 490 g/mol. The quantitative estimate of drug-likeness (QED) is 0.181. The number of rotatable bonds is 10. The van der Waals surface area contributed by atoms with E-state index in [0.29, 0.717) is 24.0 Å². The van der Waals surface area contributed by atoms with Gasteiger partial charge in [0.15, 0.2) is 0 Å². The Hall–Kier alpha value is -2.49. The van der Waals surface area contributed by atoms with Crippen molar-refractivity contribution in [1.29, 1.82) is 0 Å². The molecule has 0 saturated carbocycles. The molecule has 0 N–H and O–H groups in total. The molecule has 0 aliphatic carbocycles. The van der Waals surface area contributed by atoms with Crippen molar-refractivity contribution in [2.75, 3.05) is 24.9 Å². The van der Waals surface area contributed by atoms with Crippen LogP contribution in [0.5, 0.6) is 0 Å². The van der Waals surface area contributed by atoms with Crippen LogP contribution in [-0.2, 0) is 27.2 Å². The first-order valence-corrected chi connectivity index (χ1v) is 13.2. The summed E-state index contributed by atoms with van der Waals surface area (Å²) in [6.07, 6.45) is 13.0. The monoisotopic (exact) mass is 514 g/mol. The number of hydrogen-bond acceptors (Lipinski definition) is 5. The van der Waals surface area contributed by atoms with Crippen molar-refractivity contribution in [2.45, 2.75) is 19.2 Å². The van der Waals surface area contributed by atoms with Gasteiger partial charge in [-0.25, -0.2) is 9.97 Å². The lowest BCUT2D eigenvalue weighted by Crippen LogP contribution is -2.12. The zero-order valence-corrected chi connectivity index (χ0v) is 20.4. The van der Waals surface area contributed by atoms with E-state index < -0.39 is 0 Å². The standard InChI is InChI=1S/C23H25BrN5O2S/c1-32(2)11-10-31-16-28-8-6-20-22(25-15-26-23(20)28)18-13-27-29(14-18)21(7-9-30)17-4-3-5-19(24)12-17/h3-6,8-9,12-15,21H,7,10-11,16H2,1-2H3/q+1. The Morgan fingerprint density at radius 3 is 2.91 bits per heavy atom. The molecule has 9 heteroatoms. The highest BCUT2D eigenvalue weighted by Gasteiger charge is 2.18. The maximum atomic E-state index is 11.4. The maximum Gasteiger partial charge on any atom is 0.145 e. The fourth-order valence-electron chi connectivity index (χ4n) is 3.56. The van der Waals surface area contributed by atoms with Crippen LogP contribution in [-0.4, -0.2) is 55.5 Å². The lowest BCUT2D eigenvalue weighted by atomic mass is 10.0. The van der Waals surface area contributed by atoms with E-state index in [0.717, 1.165) is 51.0 Å². The van der Waals surface area contributed by atoms with Crippen molar-refractivity contribution in [3.05, 3.63) is 65.3 Å². The van der Waals surface area contributed by atoms with E-state index in [1.54, 1.807) is 12.5 Å². The van der Waals surface area contributed by atoms with E-state index in [-0.39, 0.29) is 6.04 Å². The number of ether oxygens (including phenoxy) is 1. The molecule has 0 saturated heterocycles. The second-order valence-electron chi connectivity index (χ2n) is 7.65. The third-order valence-electron chi connectivity index (χ3n) is 5.17. The Labute approximate surface area is 198 Å². The third-order valence-corrected chi connectivity index (χ3v) is 6.65. The average molecular weight is 515 g/mol. The van der Waals surface area contributed by atoms with Gasteiger partial charge in [0.05, 0.1) is 37.1 Å². The summed E-state index contributed by atoms with van der Waals surface area (Å²) in [6.45, 7) is 1.19. The van der Waals surface area contributed by atoms with Crippen LogP contribution in [0.4, 0.5) is 0 Å². The second kappa shape index (κ2) is 10.4. The molecule has 1 unspecified atom stereocenters. The van der Waals surface area contributed by atoms with Crippen LogP contribution in [0.25, 0.3) is 22.3 Å². The van der Waals surface area contributed by atoms with Gasteiger partial charge in [0.25, 0.3) is 0 Å². The first-order valence-electron chi connectivity index (χ1n) is 10.2. The van der Waals surface area contributed by atoms with E-state index in [4.69, 9.17) is 4.74 Å². The van der Waals surface area contributed by atoms with Crippen LogP contribution in [0, 0.1) is 0 Å². The van der Waals surface area contributed by atoms with Gasteiger partial charge < -0.3 is 14.1 Å². The van der Waals surface area contributed by atoms with Gasteiger partial charge in [-0.2, -0.15) is 5.10 Å².